The molecule has 3 aromatic carbocycles. The molecular formula is C40H50ClN3O7Si. The van der Waals surface area contributed by atoms with Crippen molar-refractivity contribution in [3.8, 4) is 17.2 Å². The zero-order valence-electron chi connectivity index (χ0n) is 30.8. The third-order valence-electron chi connectivity index (χ3n) is 7.65. The van der Waals surface area contributed by atoms with E-state index < -0.39 is 43.7 Å². The summed E-state index contributed by atoms with van der Waals surface area (Å²) < 4.78 is 22.7. The van der Waals surface area contributed by atoms with Gasteiger partial charge in [0.15, 0.2) is 6.29 Å². The maximum absolute atomic E-state index is 14.1. The van der Waals surface area contributed by atoms with Gasteiger partial charge in [0.1, 0.15) is 38.1 Å². The van der Waals surface area contributed by atoms with Gasteiger partial charge in [-0.1, -0.05) is 79.6 Å². The van der Waals surface area contributed by atoms with E-state index in [-0.39, 0.29) is 12.7 Å². The van der Waals surface area contributed by atoms with Gasteiger partial charge in [-0.15, -0.1) is 5.54 Å². The first-order valence-corrected chi connectivity index (χ1v) is 21.5. The van der Waals surface area contributed by atoms with E-state index in [4.69, 9.17) is 30.5 Å². The van der Waals surface area contributed by atoms with Gasteiger partial charge in [-0.3, -0.25) is 9.59 Å². The number of benzene rings is 3. The summed E-state index contributed by atoms with van der Waals surface area (Å²) in [5.74, 6) is 2.63. The van der Waals surface area contributed by atoms with Gasteiger partial charge in [0.25, 0.3) is 0 Å². The Hall–Kier alpha value is -4.34. The number of carbonyl (C=O) groups excluding carboxylic acids is 3. The molecule has 1 aliphatic rings. The number of carbonyl (C=O) groups is 3. The molecule has 0 bridgehead atoms. The number of hydrogen-bond acceptors (Lipinski definition) is 7. The fourth-order valence-electron chi connectivity index (χ4n) is 5.15. The third-order valence-corrected chi connectivity index (χ3v) is 8.84. The highest BCUT2D eigenvalue weighted by Crippen LogP contribution is 2.24. The van der Waals surface area contributed by atoms with Crippen molar-refractivity contribution in [1.82, 2.24) is 10.6 Å². The molecule has 52 heavy (non-hydrogen) atoms. The van der Waals surface area contributed by atoms with Crippen LogP contribution < -0.4 is 20.7 Å². The summed E-state index contributed by atoms with van der Waals surface area (Å²) in [6, 6.07) is 19.1. The van der Waals surface area contributed by atoms with E-state index in [1.807, 2.05) is 30.3 Å². The second-order valence-electron chi connectivity index (χ2n) is 14.6. The molecule has 3 amide bonds. The molecule has 3 atom stereocenters. The highest BCUT2D eigenvalue weighted by atomic mass is 35.5. The summed E-state index contributed by atoms with van der Waals surface area (Å²) in [7, 11) is -1.60. The van der Waals surface area contributed by atoms with E-state index in [2.05, 4.69) is 47.1 Å². The minimum absolute atomic E-state index is 0.176. The van der Waals surface area contributed by atoms with Crippen molar-refractivity contribution in [1.29, 1.82) is 0 Å². The fraction of sp³-hybridized carbons (Fsp3) is 0.425. The fourth-order valence-corrected chi connectivity index (χ4v) is 5.90. The van der Waals surface area contributed by atoms with Crippen molar-refractivity contribution in [3.05, 3.63) is 94.5 Å². The first kappa shape index (κ1) is 40.4. The van der Waals surface area contributed by atoms with Gasteiger partial charge in [0, 0.05) is 18.6 Å². The van der Waals surface area contributed by atoms with E-state index in [1.165, 1.54) is 0 Å². The topological polar surface area (TPSA) is 124 Å². The van der Waals surface area contributed by atoms with Crippen molar-refractivity contribution in [2.75, 3.05) is 25.1 Å². The number of halogens is 1. The van der Waals surface area contributed by atoms with Gasteiger partial charge in [0.05, 0.1) is 17.3 Å². The number of hydrogen-bond donors (Lipinski definition) is 3. The molecule has 0 aliphatic carbocycles. The Bertz CT molecular complexity index is 1710. The lowest BCUT2D eigenvalue weighted by Crippen LogP contribution is -2.50. The Labute approximate surface area is 313 Å². The van der Waals surface area contributed by atoms with Crippen LogP contribution in [-0.2, 0) is 30.2 Å². The summed E-state index contributed by atoms with van der Waals surface area (Å²) in [5, 5.41) is 8.74. The number of nitrogens with one attached hydrogen (secondary N) is 3. The molecule has 0 spiro atoms. The minimum atomic E-state index is -1.60. The quantitative estimate of drug-likeness (QED) is 0.0945. The van der Waals surface area contributed by atoms with Gasteiger partial charge >= 0.3 is 6.09 Å². The largest absolute Gasteiger partial charge is 0.491 e. The summed E-state index contributed by atoms with van der Waals surface area (Å²) in [6.45, 7) is 13.0. The Morgan fingerprint density at radius 3 is 2.31 bits per heavy atom. The predicted molar refractivity (Wildman–Crippen MR) is 206 cm³/mol. The van der Waals surface area contributed by atoms with Crippen molar-refractivity contribution in [2.24, 2.45) is 0 Å². The van der Waals surface area contributed by atoms with Crippen LogP contribution in [0.1, 0.15) is 62.8 Å². The lowest BCUT2D eigenvalue weighted by atomic mass is 10.0. The van der Waals surface area contributed by atoms with Crippen LogP contribution in [0.3, 0.4) is 0 Å². The molecule has 12 heteroatoms. The molecule has 1 aliphatic heterocycles. The monoisotopic (exact) mass is 747 g/mol. The van der Waals surface area contributed by atoms with Crippen molar-refractivity contribution >= 4 is 43.3 Å². The maximum Gasteiger partial charge on any atom is 0.408 e. The summed E-state index contributed by atoms with van der Waals surface area (Å²) in [6.07, 6.45) is 2.17. The molecule has 1 unspecified atom stereocenters. The molecule has 1 heterocycles. The van der Waals surface area contributed by atoms with Crippen molar-refractivity contribution in [3.63, 3.8) is 0 Å². The number of rotatable bonds is 13. The third kappa shape index (κ3) is 14.0. The normalized spacial score (nSPS) is 15.6. The molecule has 278 valence electrons. The van der Waals surface area contributed by atoms with Crippen LogP contribution in [0.25, 0.3) is 0 Å². The summed E-state index contributed by atoms with van der Waals surface area (Å²) in [4.78, 5) is 40.9. The van der Waals surface area contributed by atoms with Gasteiger partial charge in [-0.2, -0.15) is 0 Å². The summed E-state index contributed by atoms with van der Waals surface area (Å²) >= 11 is 6.58. The smallest absolute Gasteiger partial charge is 0.408 e. The van der Waals surface area contributed by atoms with Crippen LogP contribution in [0.4, 0.5) is 10.5 Å². The lowest BCUT2D eigenvalue weighted by molar-refractivity contribution is -0.165. The second-order valence-corrected chi connectivity index (χ2v) is 19.8. The molecule has 4 rings (SSSR count). The predicted octanol–water partition coefficient (Wildman–Crippen LogP) is 7.42. The van der Waals surface area contributed by atoms with Crippen LogP contribution in [-0.4, -0.2) is 63.7 Å². The molecule has 10 nitrogen and oxygen atoms in total. The van der Waals surface area contributed by atoms with Gasteiger partial charge in [-0.25, -0.2) is 4.79 Å². The van der Waals surface area contributed by atoms with Crippen LogP contribution in [0.2, 0.25) is 24.7 Å². The molecule has 3 N–H and O–H groups in total. The van der Waals surface area contributed by atoms with Crippen LogP contribution in [0.15, 0.2) is 72.8 Å². The average Bonchev–Trinajstić information content (AvgIpc) is 3.09. The molecule has 3 aromatic rings. The van der Waals surface area contributed by atoms with E-state index in [0.717, 1.165) is 30.4 Å². The Morgan fingerprint density at radius 1 is 0.942 bits per heavy atom. The van der Waals surface area contributed by atoms with E-state index >= 15 is 0 Å². The second kappa shape index (κ2) is 18.9. The van der Waals surface area contributed by atoms with Crippen molar-refractivity contribution < 1.29 is 33.3 Å². The number of alkyl carbamates (subject to hydrolysis) is 1. The maximum atomic E-state index is 14.1. The molecule has 0 radical (unpaired) electrons. The number of anilines is 1. The number of amides is 3. The molecule has 0 aromatic heterocycles. The van der Waals surface area contributed by atoms with E-state index in [1.54, 1.807) is 63.2 Å². The molecule has 1 saturated heterocycles. The van der Waals surface area contributed by atoms with Gasteiger partial charge in [0.2, 0.25) is 11.8 Å². The Morgan fingerprint density at radius 2 is 1.67 bits per heavy atom. The molecular weight excluding hydrogens is 698 g/mol. The highest BCUT2D eigenvalue weighted by Gasteiger charge is 2.30. The molecule has 0 saturated carbocycles. The first-order chi connectivity index (χ1) is 24.6. The van der Waals surface area contributed by atoms with Crippen molar-refractivity contribution in [2.45, 2.75) is 90.1 Å². The Kier molecular flexibility index (Phi) is 14.7. The van der Waals surface area contributed by atoms with E-state index in [0.29, 0.717) is 41.8 Å². The lowest BCUT2D eigenvalue weighted by Gasteiger charge is -2.26. The van der Waals surface area contributed by atoms with Crippen LogP contribution in [0, 0.1) is 11.5 Å². The standard InChI is InChI=1S/C40H50ClN3O7Si/c1-40(2,3)51-39(47)44-36(30-16-18-31(19-17-30)48-23-24-50-35-14-10-11-22-49-35)38(46)43-34(27-28-12-8-7-9-13-28)37(45)42-33-20-15-29(26-32(33)41)21-25-52(4,5)6/h7-9,12-13,15-20,26,34-36H,10-11,14,22-24,27H2,1-6H3,(H,42,45)(H,43,46)(H,44,47)/t34-,35?,36-/m0/s1. The molecule has 1 fully saturated rings. The SMILES string of the molecule is CC(C)(C)OC(=O)N[C@H](C(=O)N[C@@H](Cc1ccccc1)C(=O)Nc1ccc(C#C[Si](C)(C)C)cc1Cl)c1ccc(OCCOC2CCCCO2)cc1. The zero-order valence-corrected chi connectivity index (χ0v) is 32.6. The number of ether oxygens (including phenoxy) is 4. The minimum Gasteiger partial charge on any atom is -0.491 e. The Balaban J connectivity index is 1.51. The van der Waals surface area contributed by atoms with Gasteiger partial charge < -0.3 is 34.9 Å². The highest BCUT2D eigenvalue weighted by molar-refractivity contribution is 6.83. The van der Waals surface area contributed by atoms with E-state index in [9.17, 15) is 14.4 Å². The first-order valence-electron chi connectivity index (χ1n) is 17.6. The van der Waals surface area contributed by atoms with Crippen LogP contribution in [0.5, 0.6) is 5.75 Å². The zero-order chi connectivity index (χ0) is 37.7. The van der Waals surface area contributed by atoms with Crippen LogP contribution >= 0.6 is 11.6 Å². The average molecular weight is 748 g/mol. The summed E-state index contributed by atoms with van der Waals surface area (Å²) in [5.41, 5.74) is 4.91. The van der Waals surface area contributed by atoms with Gasteiger partial charge in [-0.05, 0) is 81.5 Å².